The number of phenolic OH excluding ortho intramolecular Hbond substituents is 2. The number of aryl methyl sites for hydroxylation is 1. The molecule has 19 heavy (non-hydrogen) atoms. The summed E-state index contributed by atoms with van der Waals surface area (Å²) in [6.07, 6.45) is 1.42. The molecular formula is C10H8Br2N4O2S. The van der Waals surface area contributed by atoms with E-state index in [9.17, 15) is 10.2 Å². The zero-order chi connectivity index (χ0) is 14.2. The summed E-state index contributed by atoms with van der Waals surface area (Å²) < 4.78 is 2.40. The van der Waals surface area contributed by atoms with Gasteiger partial charge >= 0.3 is 0 Å². The number of aromatic hydroxyl groups is 2. The van der Waals surface area contributed by atoms with E-state index >= 15 is 0 Å². The largest absolute Gasteiger partial charge is 0.506 e. The van der Waals surface area contributed by atoms with E-state index in [2.05, 4.69) is 47.2 Å². The van der Waals surface area contributed by atoms with Gasteiger partial charge in [0.1, 0.15) is 21.8 Å². The van der Waals surface area contributed by atoms with Crippen LogP contribution >= 0.6 is 44.1 Å². The Morgan fingerprint density at radius 1 is 1.42 bits per heavy atom. The van der Waals surface area contributed by atoms with Crippen molar-refractivity contribution in [1.29, 1.82) is 0 Å². The van der Waals surface area contributed by atoms with Crippen LogP contribution in [0.4, 0.5) is 0 Å². The molecule has 2 rings (SSSR count). The molecule has 0 aliphatic rings. The quantitative estimate of drug-likeness (QED) is 0.527. The molecule has 0 unspecified atom stereocenters. The molecule has 0 amide bonds. The van der Waals surface area contributed by atoms with Gasteiger partial charge in [-0.3, -0.25) is 5.10 Å². The number of phenols is 2. The summed E-state index contributed by atoms with van der Waals surface area (Å²) in [7, 11) is 0. The molecule has 1 heterocycles. The van der Waals surface area contributed by atoms with E-state index < -0.39 is 0 Å². The minimum absolute atomic E-state index is 0.0780. The second-order valence-corrected chi connectivity index (χ2v) is 5.63. The fourth-order valence-electron chi connectivity index (χ4n) is 1.34. The standard InChI is InChI=1S/C10H8Br2N4O2S/c1-4-14-15-10(19)16(4)13-3-5-2-6(11)9(18)7(12)8(5)17/h2-3,17-18H,1H3,(H,15,19)/b13-3+. The van der Waals surface area contributed by atoms with Crippen molar-refractivity contribution in [2.45, 2.75) is 6.92 Å². The van der Waals surface area contributed by atoms with Crippen molar-refractivity contribution >= 4 is 50.3 Å². The Kier molecular flexibility index (Phi) is 4.07. The number of H-pyrrole nitrogens is 1. The average Bonchev–Trinajstić information content (AvgIpc) is 2.70. The minimum Gasteiger partial charge on any atom is -0.506 e. The van der Waals surface area contributed by atoms with Gasteiger partial charge in [-0.1, -0.05) is 0 Å². The van der Waals surface area contributed by atoms with Crippen LogP contribution in [-0.4, -0.2) is 31.3 Å². The van der Waals surface area contributed by atoms with E-state index in [0.717, 1.165) is 0 Å². The van der Waals surface area contributed by atoms with Gasteiger partial charge in [0.25, 0.3) is 0 Å². The maximum absolute atomic E-state index is 9.89. The summed E-state index contributed by atoms with van der Waals surface area (Å²) in [5, 5.41) is 30.1. The van der Waals surface area contributed by atoms with Crippen LogP contribution in [0.15, 0.2) is 20.1 Å². The molecule has 0 saturated carbocycles. The van der Waals surface area contributed by atoms with Gasteiger partial charge < -0.3 is 10.2 Å². The Morgan fingerprint density at radius 2 is 2.11 bits per heavy atom. The highest BCUT2D eigenvalue weighted by atomic mass is 79.9. The third-order valence-corrected chi connectivity index (χ3v) is 3.94. The molecule has 9 heteroatoms. The summed E-state index contributed by atoms with van der Waals surface area (Å²) in [6, 6.07) is 1.54. The SMILES string of the molecule is Cc1n[nH]c(=S)n1/N=C/c1cc(Br)c(O)c(Br)c1O. The molecule has 0 atom stereocenters. The lowest BCUT2D eigenvalue weighted by molar-refractivity contribution is 0.441. The first-order valence-electron chi connectivity index (χ1n) is 5.00. The second-order valence-electron chi connectivity index (χ2n) is 3.59. The molecule has 1 aromatic heterocycles. The number of halogens is 2. The van der Waals surface area contributed by atoms with Gasteiger partial charge in [-0.25, -0.2) is 0 Å². The molecule has 0 aliphatic carbocycles. The lowest BCUT2D eigenvalue weighted by Crippen LogP contribution is -1.94. The maximum atomic E-state index is 9.89. The topological polar surface area (TPSA) is 86.4 Å². The summed E-state index contributed by atoms with van der Waals surface area (Å²) in [6.45, 7) is 1.74. The van der Waals surface area contributed by atoms with Gasteiger partial charge in [-0.15, -0.1) is 0 Å². The number of aromatic nitrogens is 3. The van der Waals surface area contributed by atoms with Crippen LogP contribution in [0.25, 0.3) is 0 Å². The Morgan fingerprint density at radius 3 is 2.68 bits per heavy atom. The van der Waals surface area contributed by atoms with E-state index in [4.69, 9.17) is 12.2 Å². The van der Waals surface area contributed by atoms with E-state index in [-0.39, 0.29) is 16.0 Å². The Hall–Kier alpha value is -1.19. The maximum Gasteiger partial charge on any atom is 0.216 e. The molecule has 3 N–H and O–H groups in total. The Balaban J connectivity index is 2.48. The molecule has 1 aromatic carbocycles. The number of nitrogens with one attached hydrogen (secondary N) is 1. The first-order valence-corrected chi connectivity index (χ1v) is 6.99. The van der Waals surface area contributed by atoms with Crippen molar-refractivity contribution in [3.63, 3.8) is 0 Å². The summed E-state index contributed by atoms with van der Waals surface area (Å²) in [5.41, 5.74) is 0.416. The molecule has 0 bridgehead atoms. The lowest BCUT2D eigenvalue weighted by Gasteiger charge is -2.06. The molecule has 100 valence electrons. The van der Waals surface area contributed by atoms with Gasteiger partial charge in [-0.2, -0.15) is 14.9 Å². The summed E-state index contributed by atoms with van der Waals surface area (Å²) in [5.74, 6) is 0.403. The first-order chi connectivity index (χ1) is 8.91. The number of benzene rings is 1. The van der Waals surface area contributed by atoms with Crippen LogP contribution in [0.1, 0.15) is 11.4 Å². The molecule has 0 aliphatic heterocycles. The highest BCUT2D eigenvalue weighted by Gasteiger charge is 2.12. The smallest absolute Gasteiger partial charge is 0.216 e. The molecule has 2 aromatic rings. The van der Waals surface area contributed by atoms with Gasteiger partial charge in [0.15, 0.2) is 0 Å². The van der Waals surface area contributed by atoms with Crippen molar-refractivity contribution in [3.05, 3.63) is 31.2 Å². The van der Waals surface area contributed by atoms with Crippen LogP contribution in [0, 0.1) is 11.7 Å². The van der Waals surface area contributed by atoms with Crippen LogP contribution in [-0.2, 0) is 0 Å². The zero-order valence-corrected chi connectivity index (χ0v) is 13.5. The molecule has 0 fully saturated rings. The summed E-state index contributed by atoms with van der Waals surface area (Å²) >= 11 is 11.3. The van der Waals surface area contributed by atoms with Gasteiger partial charge in [0, 0.05) is 5.56 Å². The number of rotatable bonds is 2. The average molecular weight is 408 g/mol. The third kappa shape index (κ3) is 2.72. The predicted molar refractivity (Wildman–Crippen MR) is 80.3 cm³/mol. The molecule has 0 spiro atoms. The van der Waals surface area contributed by atoms with Crippen molar-refractivity contribution in [1.82, 2.24) is 14.9 Å². The number of hydrogen-bond donors (Lipinski definition) is 3. The monoisotopic (exact) mass is 406 g/mol. The highest BCUT2D eigenvalue weighted by Crippen LogP contribution is 2.40. The van der Waals surface area contributed by atoms with Crippen LogP contribution in [0.5, 0.6) is 11.5 Å². The van der Waals surface area contributed by atoms with Crippen LogP contribution in [0.3, 0.4) is 0 Å². The zero-order valence-electron chi connectivity index (χ0n) is 9.55. The lowest BCUT2D eigenvalue weighted by atomic mass is 10.2. The fraction of sp³-hybridized carbons (Fsp3) is 0.100. The fourth-order valence-corrected chi connectivity index (χ4v) is 2.72. The minimum atomic E-state index is -0.114. The second kappa shape index (κ2) is 5.43. The van der Waals surface area contributed by atoms with Gasteiger partial charge in [0.05, 0.1) is 10.7 Å². The van der Waals surface area contributed by atoms with E-state index in [1.807, 2.05) is 0 Å². The van der Waals surface area contributed by atoms with Gasteiger partial charge in [0.2, 0.25) is 4.77 Å². The van der Waals surface area contributed by atoms with E-state index in [1.165, 1.54) is 17.0 Å². The van der Waals surface area contributed by atoms with Crippen molar-refractivity contribution < 1.29 is 10.2 Å². The predicted octanol–water partition coefficient (Wildman–Crippen LogP) is 3.07. The molecular weight excluding hydrogens is 400 g/mol. The van der Waals surface area contributed by atoms with Crippen molar-refractivity contribution in [2.75, 3.05) is 0 Å². The van der Waals surface area contributed by atoms with Crippen molar-refractivity contribution in [2.24, 2.45) is 5.10 Å². The Bertz CT molecular complexity index is 723. The first kappa shape index (κ1) is 14.2. The van der Waals surface area contributed by atoms with Gasteiger partial charge in [-0.05, 0) is 57.1 Å². The summed E-state index contributed by atoms with van der Waals surface area (Å²) in [4.78, 5) is 0. The highest BCUT2D eigenvalue weighted by molar-refractivity contribution is 9.11. The Labute approximate surface area is 130 Å². The number of nitrogens with zero attached hydrogens (tertiary/aromatic N) is 3. The van der Waals surface area contributed by atoms with Crippen LogP contribution in [0.2, 0.25) is 0 Å². The van der Waals surface area contributed by atoms with E-state index in [0.29, 0.717) is 20.6 Å². The number of hydrogen-bond acceptors (Lipinski definition) is 5. The van der Waals surface area contributed by atoms with Crippen molar-refractivity contribution in [3.8, 4) is 11.5 Å². The molecule has 0 radical (unpaired) electrons. The molecule has 6 nitrogen and oxygen atoms in total. The normalized spacial score (nSPS) is 11.3. The van der Waals surface area contributed by atoms with E-state index in [1.54, 1.807) is 6.92 Å². The number of aromatic amines is 1. The van der Waals surface area contributed by atoms with Crippen LogP contribution < -0.4 is 0 Å². The third-order valence-electron chi connectivity index (χ3n) is 2.32. The molecule has 0 saturated heterocycles.